The number of aryl methyl sites for hydroxylation is 1. The Morgan fingerprint density at radius 2 is 2.10 bits per heavy atom. The summed E-state index contributed by atoms with van der Waals surface area (Å²) >= 11 is 3.47. The fourth-order valence-electron chi connectivity index (χ4n) is 2.00. The molecule has 1 N–H and O–H groups in total. The maximum Gasteiger partial charge on any atom is 0.314 e. The molecule has 0 aromatic heterocycles. The highest BCUT2D eigenvalue weighted by Crippen LogP contribution is 2.35. The van der Waals surface area contributed by atoms with Gasteiger partial charge < -0.3 is 10.1 Å². The van der Waals surface area contributed by atoms with Gasteiger partial charge >= 0.3 is 5.69 Å². The molecule has 0 fully saturated rings. The Kier molecular flexibility index (Phi) is 4.93. The standard InChI is InChI=1S/C15H15BrN2O3/c1-10-4-3-5-14(15(10)18(19)20)21-12-7-6-11(9-17-2)13(16)8-12/h3-8,17H,9H2,1-2H3. The SMILES string of the molecule is CNCc1ccc(Oc2cccc(C)c2[N+](=O)[O-])cc1Br. The normalized spacial score (nSPS) is 10.4. The molecule has 0 spiro atoms. The molecule has 0 aliphatic rings. The minimum Gasteiger partial charge on any atom is -0.450 e. The molecule has 2 aromatic rings. The van der Waals surface area contributed by atoms with Crippen LogP contribution in [-0.4, -0.2) is 12.0 Å². The molecule has 0 heterocycles. The monoisotopic (exact) mass is 350 g/mol. The van der Waals surface area contributed by atoms with Gasteiger partial charge in [-0.2, -0.15) is 0 Å². The van der Waals surface area contributed by atoms with E-state index in [4.69, 9.17) is 4.74 Å². The molecule has 110 valence electrons. The fraction of sp³-hybridized carbons (Fsp3) is 0.200. The van der Waals surface area contributed by atoms with Gasteiger partial charge in [-0.05, 0) is 37.7 Å². The highest BCUT2D eigenvalue weighted by molar-refractivity contribution is 9.10. The lowest BCUT2D eigenvalue weighted by Crippen LogP contribution is -2.05. The first kappa shape index (κ1) is 15.5. The number of nitro benzene ring substituents is 1. The van der Waals surface area contributed by atoms with Crippen molar-refractivity contribution in [1.82, 2.24) is 5.32 Å². The third kappa shape index (κ3) is 3.59. The topological polar surface area (TPSA) is 64.4 Å². The summed E-state index contributed by atoms with van der Waals surface area (Å²) in [5.41, 5.74) is 1.65. The molecule has 0 saturated heterocycles. The highest BCUT2D eigenvalue weighted by atomic mass is 79.9. The van der Waals surface area contributed by atoms with E-state index in [2.05, 4.69) is 21.2 Å². The van der Waals surface area contributed by atoms with Crippen molar-refractivity contribution in [3.05, 3.63) is 62.1 Å². The smallest absolute Gasteiger partial charge is 0.314 e. The van der Waals surface area contributed by atoms with Crippen LogP contribution >= 0.6 is 15.9 Å². The van der Waals surface area contributed by atoms with Crippen LogP contribution in [0.3, 0.4) is 0 Å². The van der Waals surface area contributed by atoms with Crippen molar-refractivity contribution >= 4 is 21.6 Å². The quantitative estimate of drug-likeness (QED) is 0.648. The largest absolute Gasteiger partial charge is 0.450 e. The van der Waals surface area contributed by atoms with Crippen LogP contribution in [0.2, 0.25) is 0 Å². The van der Waals surface area contributed by atoms with Crippen LogP contribution in [0.4, 0.5) is 5.69 Å². The summed E-state index contributed by atoms with van der Waals surface area (Å²) in [5, 5.41) is 14.2. The number of hydrogen-bond donors (Lipinski definition) is 1. The molecule has 6 heteroatoms. The summed E-state index contributed by atoms with van der Waals surface area (Å²) in [6.45, 7) is 2.42. The Morgan fingerprint density at radius 3 is 2.71 bits per heavy atom. The van der Waals surface area contributed by atoms with Gasteiger partial charge in [-0.25, -0.2) is 0 Å². The molecule has 0 radical (unpaired) electrons. The molecule has 0 aliphatic carbocycles. The lowest BCUT2D eigenvalue weighted by Gasteiger charge is -2.10. The lowest BCUT2D eigenvalue weighted by atomic mass is 10.2. The summed E-state index contributed by atoms with van der Waals surface area (Å²) < 4.78 is 6.57. The van der Waals surface area contributed by atoms with E-state index >= 15 is 0 Å². The van der Waals surface area contributed by atoms with Crippen molar-refractivity contribution in [3.63, 3.8) is 0 Å². The van der Waals surface area contributed by atoms with Gasteiger partial charge in [0.1, 0.15) is 5.75 Å². The highest BCUT2D eigenvalue weighted by Gasteiger charge is 2.18. The number of nitro groups is 1. The lowest BCUT2D eigenvalue weighted by molar-refractivity contribution is -0.386. The van der Waals surface area contributed by atoms with Gasteiger partial charge in [-0.1, -0.05) is 34.1 Å². The minimum atomic E-state index is -0.422. The average molecular weight is 351 g/mol. The number of halogens is 1. The Hall–Kier alpha value is -1.92. The molecule has 0 bridgehead atoms. The zero-order valence-electron chi connectivity index (χ0n) is 11.7. The Bertz CT molecular complexity index is 674. The molecule has 0 saturated carbocycles. The van der Waals surface area contributed by atoms with Crippen molar-refractivity contribution in [1.29, 1.82) is 0 Å². The fourth-order valence-corrected chi connectivity index (χ4v) is 2.50. The first-order valence-electron chi connectivity index (χ1n) is 6.38. The van der Waals surface area contributed by atoms with Crippen molar-refractivity contribution < 1.29 is 9.66 Å². The van der Waals surface area contributed by atoms with E-state index in [0.717, 1.165) is 16.6 Å². The molecule has 2 aromatic carbocycles. The second-order valence-corrected chi connectivity index (χ2v) is 5.42. The first-order chi connectivity index (χ1) is 10.0. The number of ether oxygens (including phenoxy) is 1. The van der Waals surface area contributed by atoms with E-state index in [1.807, 2.05) is 13.1 Å². The molecule has 2 rings (SSSR count). The van der Waals surface area contributed by atoms with Gasteiger partial charge in [0, 0.05) is 16.6 Å². The van der Waals surface area contributed by atoms with Gasteiger partial charge in [0.05, 0.1) is 4.92 Å². The number of rotatable bonds is 5. The maximum absolute atomic E-state index is 11.1. The summed E-state index contributed by atoms with van der Waals surface area (Å²) in [6, 6.07) is 10.5. The van der Waals surface area contributed by atoms with Crippen LogP contribution in [0, 0.1) is 17.0 Å². The second kappa shape index (κ2) is 6.69. The number of hydrogen-bond acceptors (Lipinski definition) is 4. The zero-order chi connectivity index (χ0) is 15.4. The predicted octanol–water partition coefficient (Wildman–Crippen LogP) is 4.18. The van der Waals surface area contributed by atoms with Crippen molar-refractivity contribution in [2.45, 2.75) is 13.5 Å². The summed E-state index contributed by atoms with van der Waals surface area (Å²) in [6.07, 6.45) is 0. The van der Waals surface area contributed by atoms with E-state index < -0.39 is 4.92 Å². The molecule has 0 unspecified atom stereocenters. The van der Waals surface area contributed by atoms with E-state index in [1.165, 1.54) is 0 Å². The first-order valence-corrected chi connectivity index (χ1v) is 7.17. The predicted molar refractivity (Wildman–Crippen MR) is 84.8 cm³/mol. The number of nitrogens with one attached hydrogen (secondary N) is 1. The van der Waals surface area contributed by atoms with Crippen LogP contribution in [0.15, 0.2) is 40.9 Å². The van der Waals surface area contributed by atoms with Crippen molar-refractivity contribution in [2.75, 3.05) is 7.05 Å². The summed E-state index contributed by atoms with van der Waals surface area (Å²) in [5.74, 6) is 0.795. The molecule has 0 atom stereocenters. The molecular formula is C15H15BrN2O3. The van der Waals surface area contributed by atoms with Crippen LogP contribution in [0.1, 0.15) is 11.1 Å². The number of para-hydroxylation sites is 1. The van der Waals surface area contributed by atoms with E-state index in [9.17, 15) is 10.1 Å². The summed E-state index contributed by atoms with van der Waals surface area (Å²) in [7, 11) is 1.87. The van der Waals surface area contributed by atoms with Crippen molar-refractivity contribution in [2.24, 2.45) is 0 Å². The molecule has 0 amide bonds. The van der Waals surface area contributed by atoms with Crippen LogP contribution in [0.25, 0.3) is 0 Å². The molecular weight excluding hydrogens is 336 g/mol. The molecule has 21 heavy (non-hydrogen) atoms. The minimum absolute atomic E-state index is 0.00655. The second-order valence-electron chi connectivity index (χ2n) is 4.56. The third-order valence-electron chi connectivity index (χ3n) is 3.00. The number of benzene rings is 2. The van der Waals surface area contributed by atoms with E-state index in [1.54, 1.807) is 37.3 Å². The molecule has 5 nitrogen and oxygen atoms in total. The average Bonchev–Trinajstić information content (AvgIpc) is 2.41. The zero-order valence-corrected chi connectivity index (χ0v) is 13.3. The van der Waals surface area contributed by atoms with Gasteiger partial charge in [0.2, 0.25) is 5.75 Å². The Morgan fingerprint density at radius 1 is 1.33 bits per heavy atom. The van der Waals surface area contributed by atoms with Gasteiger partial charge in [0.25, 0.3) is 0 Å². The number of nitrogens with zero attached hydrogens (tertiary/aromatic N) is 1. The maximum atomic E-state index is 11.1. The van der Waals surface area contributed by atoms with Crippen LogP contribution in [0.5, 0.6) is 11.5 Å². The van der Waals surface area contributed by atoms with Gasteiger partial charge in [-0.15, -0.1) is 0 Å². The summed E-state index contributed by atoms with van der Waals surface area (Å²) in [4.78, 5) is 10.7. The van der Waals surface area contributed by atoms with Crippen LogP contribution < -0.4 is 10.1 Å². The van der Waals surface area contributed by atoms with Gasteiger partial charge in [0.15, 0.2) is 0 Å². The Balaban J connectivity index is 2.33. The van der Waals surface area contributed by atoms with Crippen molar-refractivity contribution in [3.8, 4) is 11.5 Å². The van der Waals surface area contributed by atoms with Gasteiger partial charge in [-0.3, -0.25) is 10.1 Å². The van der Waals surface area contributed by atoms with E-state index in [-0.39, 0.29) is 11.4 Å². The molecule has 0 aliphatic heterocycles. The Labute approximate surface area is 131 Å². The van der Waals surface area contributed by atoms with E-state index in [0.29, 0.717) is 11.3 Å². The van der Waals surface area contributed by atoms with Crippen LogP contribution in [-0.2, 0) is 6.54 Å². The third-order valence-corrected chi connectivity index (χ3v) is 3.74.